The number of benzene rings is 5. The summed E-state index contributed by atoms with van der Waals surface area (Å²) in [6.45, 7) is 6.99. The number of fused-ring (bicyclic) bond motifs is 8. The maximum Gasteiger partial charge on any atom is 0.135 e. The first-order valence-corrected chi connectivity index (χ1v) is 12.1. The monoisotopic (exact) mass is 438 g/mol. The third-order valence-corrected chi connectivity index (χ3v) is 7.83. The third kappa shape index (κ3) is 2.61. The van der Waals surface area contributed by atoms with Gasteiger partial charge in [0.1, 0.15) is 11.2 Å². The molecule has 1 aliphatic rings. The maximum absolute atomic E-state index is 6.13. The molecule has 0 fully saturated rings. The predicted molar refractivity (Wildman–Crippen MR) is 143 cm³/mol. The highest BCUT2D eigenvalue weighted by molar-refractivity contribution is 6.07. The van der Waals surface area contributed by atoms with E-state index < -0.39 is 0 Å². The number of aryl methyl sites for hydroxylation is 1. The van der Waals surface area contributed by atoms with Crippen LogP contribution in [0, 0.1) is 6.92 Å². The highest BCUT2D eigenvalue weighted by Crippen LogP contribution is 2.52. The maximum atomic E-state index is 6.13. The van der Waals surface area contributed by atoms with Crippen molar-refractivity contribution in [2.45, 2.75) is 32.6 Å². The van der Waals surface area contributed by atoms with Gasteiger partial charge in [0, 0.05) is 16.2 Å². The molecule has 0 saturated carbocycles. The molecule has 0 saturated heterocycles. The molecular formula is C33H26O. The standard InChI is InChI=1S/C33H26O/c1-20-17-28-32(24-11-5-4-10-23(20)24)25-16-15-21(19-27(25)33(28,2)3)18-22-9-8-14-30-31(22)26-12-6-7-13-29(26)34-30/h4-17,19H,18H2,1-3H3. The summed E-state index contributed by atoms with van der Waals surface area (Å²) in [5.74, 6) is 0. The second-order valence-electron chi connectivity index (χ2n) is 10.2. The van der Waals surface area contributed by atoms with Gasteiger partial charge in [-0.25, -0.2) is 0 Å². The van der Waals surface area contributed by atoms with E-state index in [0.29, 0.717) is 0 Å². The second kappa shape index (κ2) is 6.84. The van der Waals surface area contributed by atoms with Crippen LogP contribution in [0.15, 0.2) is 95.4 Å². The van der Waals surface area contributed by atoms with Gasteiger partial charge < -0.3 is 4.42 Å². The van der Waals surface area contributed by atoms with Crippen molar-refractivity contribution < 1.29 is 4.42 Å². The molecular weight excluding hydrogens is 412 g/mol. The summed E-state index contributed by atoms with van der Waals surface area (Å²) >= 11 is 0. The first-order valence-electron chi connectivity index (χ1n) is 12.1. The van der Waals surface area contributed by atoms with Crippen LogP contribution in [-0.2, 0) is 11.8 Å². The minimum Gasteiger partial charge on any atom is -0.456 e. The van der Waals surface area contributed by atoms with E-state index in [0.717, 1.165) is 17.6 Å². The fourth-order valence-electron chi connectivity index (χ4n) is 6.14. The van der Waals surface area contributed by atoms with Crippen LogP contribution in [0.2, 0.25) is 0 Å². The number of furan rings is 1. The molecule has 0 radical (unpaired) electrons. The molecule has 0 aliphatic heterocycles. The Kier molecular flexibility index (Phi) is 3.94. The van der Waals surface area contributed by atoms with Crippen LogP contribution in [0.5, 0.6) is 0 Å². The van der Waals surface area contributed by atoms with Gasteiger partial charge in [0.05, 0.1) is 0 Å². The molecule has 1 aliphatic carbocycles. The summed E-state index contributed by atoms with van der Waals surface area (Å²) < 4.78 is 6.13. The van der Waals surface area contributed by atoms with Crippen LogP contribution >= 0.6 is 0 Å². The molecule has 0 bridgehead atoms. The van der Waals surface area contributed by atoms with Crippen LogP contribution in [0.3, 0.4) is 0 Å². The fraction of sp³-hybridized carbons (Fsp3) is 0.152. The molecule has 0 amide bonds. The molecule has 0 unspecified atom stereocenters. The van der Waals surface area contributed by atoms with Gasteiger partial charge in [-0.1, -0.05) is 92.7 Å². The van der Waals surface area contributed by atoms with Gasteiger partial charge in [0.25, 0.3) is 0 Å². The number of hydrogen-bond donors (Lipinski definition) is 0. The third-order valence-electron chi connectivity index (χ3n) is 7.83. The van der Waals surface area contributed by atoms with Crippen molar-refractivity contribution in [1.82, 2.24) is 0 Å². The molecule has 1 heteroatoms. The lowest BCUT2D eigenvalue weighted by Crippen LogP contribution is -2.15. The van der Waals surface area contributed by atoms with Crippen LogP contribution in [0.1, 0.15) is 41.7 Å². The lowest BCUT2D eigenvalue weighted by Gasteiger charge is -2.23. The Hall–Kier alpha value is -3.84. The molecule has 0 N–H and O–H groups in total. The highest BCUT2D eigenvalue weighted by atomic mass is 16.3. The molecule has 5 aromatic carbocycles. The largest absolute Gasteiger partial charge is 0.456 e. The van der Waals surface area contributed by atoms with Crippen LogP contribution in [-0.4, -0.2) is 0 Å². The topological polar surface area (TPSA) is 13.1 Å². The Morgan fingerprint density at radius 2 is 1.41 bits per heavy atom. The van der Waals surface area contributed by atoms with Gasteiger partial charge in [-0.15, -0.1) is 0 Å². The quantitative estimate of drug-likeness (QED) is 0.263. The Balaban J connectivity index is 1.40. The van der Waals surface area contributed by atoms with Gasteiger partial charge >= 0.3 is 0 Å². The first-order chi connectivity index (χ1) is 16.5. The van der Waals surface area contributed by atoms with Crippen molar-refractivity contribution in [2.24, 2.45) is 0 Å². The minimum absolute atomic E-state index is 0.0240. The minimum atomic E-state index is -0.0240. The van der Waals surface area contributed by atoms with E-state index in [4.69, 9.17) is 4.42 Å². The number of rotatable bonds is 2. The molecule has 0 spiro atoms. The van der Waals surface area contributed by atoms with Gasteiger partial charge in [0.2, 0.25) is 0 Å². The summed E-state index contributed by atoms with van der Waals surface area (Å²) in [4.78, 5) is 0. The van der Waals surface area contributed by atoms with E-state index in [-0.39, 0.29) is 5.41 Å². The smallest absolute Gasteiger partial charge is 0.135 e. The Bertz CT molecular complexity index is 1760. The van der Waals surface area contributed by atoms with Gasteiger partial charge in [-0.3, -0.25) is 0 Å². The molecule has 1 aromatic heterocycles. The van der Waals surface area contributed by atoms with Crippen LogP contribution in [0.25, 0.3) is 43.8 Å². The summed E-state index contributed by atoms with van der Waals surface area (Å²) in [6.07, 6.45) is 0.889. The van der Waals surface area contributed by atoms with Crippen LogP contribution < -0.4 is 0 Å². The van der Waals surface area contributed by atoms with Crippen molar-refractivity contribution in [2.75, 3.05) is 0 Å². The average molecular weight is 439 g/mol. The average Bonchev–Trinajstić information content (AvgIpc) is 3.33. The van der Waals surface area contributed by atoms with E-state index in [9.17, 15) is 0 Å². The summed E-state index contributed by atoms with van der Waals surface area (Å²) in [5, 5.41) is 5.16. The van der Waals surface area contributed by atoms with Gasteiger partial charge in [-0.05, 0) is 75.2 Å². The summed E-state index contributed by atoms with van der Waals surface area (Å²) in [6, 6.07) is 33.2. The van der Waals surface area contributed by atoms with E-state index in [1.165, 1.54) is 60.5 Å². The number of para-hydroxylation sites is 1. The highest BCUT2D eigenvalue weighted by Gasteiger charge is 2.37. The predicted octanol–water partition coefficient (Wildman–Crippen LogP) is 8.94. The lowest BCUT2D eigenvalue weighted by molar-refractivity contribution is 0.659. The van der Waals surface area contributed by atoms with Crippen molar-refractivity contribution in [3.05, 3.63) is 119 Å². The Morgan fingerprint density at radius 1 is 0.676 bits per heavy atom. The zero-order valence-corrected chi connectivity index (χ0v) is 19.8. The van der Waals surface area contributed by atoms with E-state index in [1.54, 1.807) is 0 Å². The Labute approximate surface area is 199 Å². The second-order valence-corrected chi connectivity index (χ2v) is 10.2. The first kappa shape index (κ1) is 19.6. The molecule has 7 rings (SSSR count). The van der Waals surface area contributed by atoms with E-state index in [1.807, 2.05) is 6.07 Å². The fourth-order valence-corrected chi connectivity index (χ4v) is 6.14. The normalized spacial score (nSPS) is 14.1. The summed E-state index contributed by atoms with van der Waals surface area (Å²) in [5.41, 5.74) is 11.6. The molecule has 164 valence electrons. The molecule has 1 nitrogen and oxygen atoms in total. The van der Waals surface area contributed by atoms with E-state index >= 15 is 0 Å². The van der Waals surface area contributed by atoms with Crippen molar-refractivity contribution >= 4 is 32.7 Å². The molecule has 34 heavy (non-hydrogen) atoms. The van der Waals surface area contributed by atoms with Crippen molar-refractivity contribution in [3.63, 3.8) is 0 Å². The zero-order valence-electron chi connectivity index (χ0n) is 19.8. The van der Waals surface area contributed by atoms with Gasteiger partial charge in [-0.2, -0.15) is 0 Å². The molecule has 1 heterocycles. The Morgan fingerprint density at radius 3 is 2.26 bits per heavy atom. The zero-order chi connectivity index (χ0) is 23.0. The molecule has 6 aromatic rings. The van der Waals surface area contributed by atoms with Crippen molar-refractivity contribution in [3.8, 4) is 11.1 Å². The lowest BCUT2D eigenvalue weighted by atomic mass is 9.80. The van der Waals surface area contributed by atoms with Gasteiger partial charge in [0.15, 0.2) is 0 Å². The van der Waals surface area contributed by atoms with Crippen molar-refractivity contribution in [1.29, 1.82) is 0 Å². The van der Waals surface area contributed by atoms with E-state index in [2.05, 4.69) is 106 Å². The summed E-state index contributed by atoms with van der Waals surface area (Å²) in [7, 11) is 0. The molecule has 0 atom stereocenters. The van der Waals surface area contributed by atoms with Crippen LogP contribution in [0.4, 0.5) is 0 Å². The SMILES string of the molecule is Cc1cc2c(c3ccccc13)-c1ccc(Cc3cccc4oc5ccccc5c34)cc1C2(C)C. The number of hydrogen-bond acceptors (Lipinski definition) is 1.